The van der Waals surface area contributed by atoms with Crippen LogP contribution in [-0.2, 0) is 0 Å². The number of hydrogen-bond acceptors (Lipinski definition) is 0. The van der Waals surface area contributed by atoms with Gasteiger partial charge in [0.05, 0.1) is 0 Å². The number of allylic oxidation sites excluding steroid dienone is 9. The Labute approximate surface area is 94.4 Å². The fourth-order valence-corrected chi connectivity index (χ4v) is 1.07. The molecule has 0 nitrogen and oxygen atoms in total. The molecule has 0 amide bonds. The van der Waals surface area contributed by atoms with Gasteiger partial charge in [-0.2, -0.15) is 0 Å². The van der Waals surface area contributed by atoms with Gasteiger partial charge in [0.1, 0.15) is 0 Å². The summed E-state index contributed by atoms with van der Waals surface area (Å²) in [5.41, 5.74) is 0. The van der Waals surface area contributed by atoms with Crippen LogP contribution in [-0.4, -0.2) is 0 Å². The third-order valence-electron chi connectivity index (χ3n) is 1.89. The highest BCUT2D eigenvalue weighted by Gasteiger charge is 1.79. The molecule has 0 aliphatic heterocycles. The lowest BCUT2D eigenvalue weighted by Gasteiger charge is -1.89. The monoisotopic (exact) mass is 201 g/mol. The maximum atomic E-state index is 5.17. The van der Waals surface area contributed by atoms with E-state index in [2.05, 4.69) is 19.1 Å². The van der Waals surface area contributed by atoms with E-state index in [0.29, 0.717) is 0 Å². The zero-order valence-electron chi connectivity index (χ0n) is 9.60. The summed E-state index contributed by atoms with van der Waals surface area (Å²) >= 11 is 0. The van der Waals surface area contributed by atoms with Gasteiger partial charge in [-0.25, -0.2) is 0 Å². The molecule has 0 heteroatoms. The summed E-state index contributed by atoms with van der Waals surface area (Å²) in [5.74, 6) is 0. The fraction of sp³-hybridized carbons (Fsp3) is 0.333. The Kier molecular flexibility index (Phi) is 11.6. The molecule has 0 unspecified atom stereocenters. The summed E-state index contributed by atoms with van der Waals surface area (Å²) in [6.45, 7) is 7.40. The van der Waals surface area contributed by atoms with Gasteiger partial charge in [0.25, 0.3) is 0 Å². The van der Waals surface area contributed by atoms with Crippen LogP contribution in [0.1, 0.15) is 32.6 Å². The lowest BCUT2D eigenvalue weighted by Crippen LogP contribution is -1.69. The van der Waals surface area contributed by atoms with Crippen LogP contribution in [0, 0.1) is 6.58 Å². The Balaban J connectivity index is 3.48. The predicted molar refractivity (Wildman–Crippen MR) is 69.6 cm³/mol. The van der Waals surface area contributed by atoms with Crippen molar-refractivity contribution >= 4 is 0 Å². The third kappa shape index (κ3) is 12.7. The molecule has 0 heterocycles. The molecule has 0 aliphatic rings. The largest absolute Gasteiger partial charge is 0.0845 e. The van der Waals surface area contributed by atoms with Crippen LogP contribution in [0.25, 0.3) is 0 Å². The minimum Gasteiger partial charge on any atom is -0.0845 e. The van der Waals surface area contributed by atoms with Crippen molar-refractivity contribution in [1.82, 2.24) is 0 Å². The van der Waals surface area contributed by atoms with Crippen molar-refractivity contribution in [3.8, 4) is 0 Å². The van der Waals surface area contributed by atoms with E-state index in [-0.39, 0.29) is 0 Å². The molecule has 1 radical (unpaired) electrons. The Morgan fingerprint density at radius 2 is 1.40 bits per heavy atom. The minimum atomic E-state index is 1.18. The molecule has 0 spiro atoms. The van der Waals surface area contributed by atoms with E-state index in [0.717, 1.165) is 0 Å². The molecule has 0 saturated carbocycles. The van der Waals surface area contributed by atoms with Gasteiger partial charge in [-0.15, -0.1) is 0 Å². The maximum Gasteiger partial charge on any atom is -0.0348 e. The quantitative estimate of drug-likeness (QED) is 0.391. The summed E-state index contributed by atoms with van der Waals surface area (Å²) in [6.07, 6.45) is 22.6. The first-order valence-corrected chi connectivity index (χ1v) is 5.62. The molecule has 0 aromatic heterocycles. The molecular formula is C15H21. The van der Waals surface area contributed by atoms with E-state index in [1.807, 2.05) is 30.4 Å². The van der Waals surface area contributed by atoms with Gasteiger partial charge in [0.15, 0.2) is 0 Å². The first kappa shape index (κ1) is 13.7. The highest BCUT2D eigenvalue weighted by Crippen LogP contribution is 1.99. The van der Waals surface area contributed by atoms with Gasteiger partial charge >= 0.3 is 0 Å². The van der Waals surface area contributed by atoms with Crippen molar-refractivity contribution in [2.45, 2.75) is 32.6 Å². The normalized spacial score (nSPS) is 12.6. The zero-order valence-corrected chi connectivity index (χ0v) is 9.60. The van der Waals surface area contributed by atoms with Crippen LogP contribution in [0.15, 0.2) is 54.7 Å². The molecule has 0 fully saturated rings. The van der Waals surface area contributed by atoms with Crippen molar-refractivity contribution in [2.75, 3.05) is 0 Å². The van der Waals surface area contributed by atoms with Gasteiger partial charge in [-0.3, -0.25) is 0 Å². The van der Waals surface area contributed by atoms with Crippen LogP contribution in [0.4, 0.5) is 0 Å². The van der Waals surface area contributed by atoms with Gasteiger partial charge in [-0.05, 0) is 12.8 Å². The van der Waals surface area contributed by atoms with Gasteiger partial charge in [-0.1, -0.05) is 81.0 Å². The van der Waals surface area contributed by atoms with Crippen molar-refractivity contribution in [2.24, 2.45) is 0 Å². The average Bonchev–Trinajstić information content (AvgIpc) is 2.26. The number of hydrogen-bond donors (Lipinski definition) is 0. The van der Waals surface area contributed by atoms with Gasteiger partial charge in [0, 0.05) is 0 Å². The molecule has 81 valence electrons. The second kappa shape index (κ2) is 12.7. The molecule has 0 aliphatic carbocycles. The van der Waals surface area contributed by atoms with Crippen LogP contribution < -0.4 is 0 Å². The molecule has 0 N–H and O–H groups in total. The van der Waals surface area contributed by atoms with Crippen LogP contribution in [0.2, 0.25) is 0 Å². The average molecular weight is 201 g/mol. The van der Waals surface area contributed by atoms with Crippen LogP contribution >= 0.6 is 0 Å². The van der Waals surface area contributed by atoms with E-state index in [1.165, 1.54) is 31.8 Å². The second-order valence-corrected chi connectivity index (χ2v) is 3.27. The number of rotatable bonds is 8. The van der Waals surface area contributed by atoms with E-state index in [9.17, 15) is 0 Å². The van der Waals surface area contributed by atoms with Crippen molar-refractivity contribution < 1.29 is 0 Å². The smallest absolute Gasteiger partial charge is 0.0348 e. The Hall–Kier alpha value is -1.30. The molecule has 0 rings (SSSR count). The lowest BCUT2D eigenvalue weighted by atomic mass is 10.2. The summed E-state index contributed by atoms with van der Waals surface area (Å²) < 4.78 is 0. The third-order valence-corrected chi connectivity index (χ3v) is 1.89. The summed E-state index contributed by atoms with van der Waals surface area (Å²) in [5, 5.41) is 0. The second-order valence-electron chi connectivity index (χ2n) is 3.27. The summed E-state index contributed by atoms with van der Waals surface area (Å²) in [4.78, 5) is 0. The zero-order chi connectivity index (χ0) is 11.2. The van der Waals surface area contributed by atoms with E-state index in [4.69, 9.17) is 6.58 Å². The maximum absolute atomic E-state index is 5.17. The van der Waals surface area contributed by atoms with Crippen LogP contribution in [0.3, 0.4) is 0 Å². The van der Waals surface area contributed by atoms with E-state index in [1.54, 1.807) is 6.08 Å². The Morgan fingerprint density at radius 3 is 2.00 bits per heavy atom. The van der Waals surface area contributed by atoms with Crippen molar-refractivity contribution in [3.63, 3.8) is 0 Å². The van der Waals surface area contributed by atoms with Crippen molar-refractivity contribution in [3.05, 3.63) is 61.3 Å². The predicted octanol–water partition coefficient (Wildman–Crippen LogP) is 4.78. The Morgan fingerprint density at radius 1 is 0.800 bits per heavy atom. The standard InChI is InChI=1S/C15H21/c1-3-5-7-9-11-13-15-14-12-10-8-6-4-2/h1,3,5,7,9,11-15H,4,6,8,10H2,2H3. The SMILES string of the molecule is [CH]=CC=CC=CC=CC=CCCCCC. The van der Waals surface area contributed by atoms with E-state index < -0.39 is 0 Å². The van der Waals surface area contributed by atoms with E-state index >= 15 is 0 Å². The van der Waals surface area contributed by atoms with Crippen LogP contribution in [0.5, 0.6) is 0 Å². The Bertz CT molecular complexity index is 239. The first-order chi connectivity index (χ1) is 7.41. The summed E-state index contributed by atoms with van der Waals surface area (Å²) in [7, 11) is 0. The van der Waals surface area contributed by atoms with Gasteiger partial charge in [0.2, 0.25) is 0 Å². The lowest BCUT2D eigenvalue weighted by molar-refractivity contribution is 0.729. The molecule has 15 heavy (non-hydrogen) atoms. The molecule has 0 atom stereocenters. The molecule has 0 saturated heterocycles. The molecule has 0 aromatic rings. The molecule has 0 aromatic carbocycles. The minimum absolute atomic E-state index is 1.18. The fourth-order valence-electron chi connectivity index (χ4n) is 1.07. The van der Waals surface area contributed by atoms with Crippen molar-refractivity contribution in [1.29, 1.82) is 0 Å². The topological polar surface area (TPSA) is 0 Å². The van der Waals surface area contributed by atoms with Gasteiger partial charge < -0.3 is 0 Å². The number of unbranched alkanes of at least 4 members (excludes halogenated alkanes) is 3. The highest BCUT2D eigenvalue weighted by atomic mass is 13.9. The first-order valence-electron chi connectivity index (χ1n) is 5.62. The summed E-state index contributed by atoms with van der Waals surface area (Å²) in [6, 6.07) is 0. The molecule has 0 bridgehead atoms. The highest BCUT2D eigenvalue weighted by molar-refractivity contribution is 5.16. The molecular weight excluding hydrogens is 180 g/mol.